The summed E-state index contributed by atoms with van der Waals surface area (Å²) in [5.41, 5.74) is 0.326. The predicted molar refractivity (Wildman–Crippen MR) is 111 cm³/mol. The molecule has 0 radical (unpaired) electrons. The van der Waals surface area contributed by atoms with Crippen LogP contribution in [0.15, 0.2) is 42.5 Å². The lowest BCUT2D eigenvalue weighted by Gasteiger charge is -2.39. The van der Waals surface area contributed by atoms with Crippen LogP contribution in [0.1, 0.15) is 30.6 Å². The molecule has 0 fully saturated rings. The maximum absolute atomic E-state index is 12.8. The summed E-state index contributed by atoms with van der Waals surface area (Å²) in [7, 11) is 1.40. The van der Waals surface area contributed by atoms with E-state index in [0.29, 0.717) is 18.7 Å². The SMILES string of the molecule is COc1ccc([N+](=O)[O-])c(C(=O)OCCCN2C(=O)C(C)(C)Nc3ccccc32)c1. The van der Waals surface area contributed by atoms with Crippen molar-refractivity contribution in [3.63, 3.8) is 0 Å². The van der Waals surface area contributed by atoms with Crippen LogP contribution in [0.2, 0.25) is 0 Å². The largest absolute Gasteiger partial charge is 0.497 e. The number of amides is 1. The summed E-state index contributed by atoms with van der Waals surface area (Å²) >= 11 is 0. The van der Waals surface area contributed by atoms with Crippen molar-refractivity contribution in [1.82, 2.24) is 0 Å². The van der Waals surface area contributed by atoms with E-state index in [4.69, 9.17) is 9.47 Å². The van der Waals surface area contributed by atoms with E-state index in [1.54, 1.807) is 18.7 Å². The molecule has 0 aromatic heterocycles. The van der Waals surface area contributed by atoms with Gasteiger partial charge in [-0.05, 0) is 38.5 Å². The summed E-state index contributed by atoms with van der Waals surface area (Å²) in [5, 5.41) is 14.4. The van der Waals surface area contributed by atoms with Gasteiger partial charge in [0.1, 0.15) is 16.9 Å². The van der Waals surface area contributed by atoms with Gasteiger partial charge in [0.15, 0.2) is 0 Å². The van der Waals surface area contributed by atoms with Crippen molar-refractivity contribution >= 4 is 28.9 Å². The molecule has 2 aromatic carbocycles. The first-order chi connectivity index (χ1) is 14.2. The Morgan fingerprint density at radius 3 is 2.67 bits per heavy atom. The van der Waals surface area contributed by atoms with Crippen LogP contribution in [0.5, 0.6) is 5.75 Å². The van der Waals surface area contributed by atoms with Gasteiger partial charge in [-0.25, -0.2) is 4.79 Å². The number of benzene rings is 2. The summed E-state index contributed by atoms with van der Waals surface area (Å²) in [6, 6.07) is 11.4. The minimum Gasteiger partial charge on any atom is -0.497 e. The van der Waals surface area contributed by atoms with E-state index in [2.05, 4.69) is 5.32 Å². The van der Waals surface area contributed by atoms with Gasteiger partial charge in [-0.15, -0.1) is 0 Å². The highest BCUT2D eigenvalue weighted by Gasteiger charge is 2.38. The molecule has 158 valence electrons. The Balaban J connectivity index is 1.66. The summed E-state index contributed by atoms with van der Waals surface area (Å²) in [6.45, 7) is 3.96. The Morgan fingerprint density at radius 2 is 1.97 bits per heavy atom. The Bertz CT molecular complexity index is 988. The van der Waals surface area contributed by atoms with Crippen molar-refractivity contribution in [3.05, 3.63) is 58.1 Å². The van der Waals surface area contributed by atoms with E-state index in [1.165, 1.54) is 25.3 Å². The molecule has 1 N–H and O–H groups in total. The van der Waals surface area contributed by atoms with Crippen molar-refractivity contribution in [2.24, 2.45) is 0 Å². The highest BCUT2D eigenvalue weighted by molar-refractivity contribution is 6.07. The zero-order chi connectivity index (χ0) is 21.9. The first kappa shape index (κ1) is 21.1. The molecule has 1 aliphatic heterocycles. The molecular weight excluding hydrogens is 390 g/mol. The van der Waals surface area contributed by atoms with E-state index < -0.39 is 16.4 Å². The second-order valence-electron chi connectivity index (χ2n) is 7.35. The molecule has 30 heavy (non-hydrogen) atoms. The normalized spacial score (nSPS) is 14.5. The molecule has 9 heteroatoms. The molecule has 2 aromatic rings. The van der Waals surface area contributed by atoms with Gasteiger partial charge in [-0.3, -0.25) is 14.9 Å². The number of ether oxygens (including phenoxy) is 2. The third kappa shape index (κ3) is 4.19. The molecular formula is C21H23N3O6. The number of fused-ring (bicyclic) bond motifs is 1. The van der Waals surface area contributed by atoms with Gasteiger partial charge < -0.3 is 19.7 Å². The minimum absolute atomic E-state index is 0.00695. The van der Waals surface area contributed by atoms with E-state index in [1.807, 2.05) is 24.3 Å². The fourth-order valence-electron chi connectivity index (χ4n) is 3.30. The molecule has 1 heterocycles. The van der Waals surface area contributed by atoms with Crippen molar-refractivity contribution in [2.75, 3.05) is 30.5 Å². The van der Waals surface area contributed by atoms with Gasteiger partial charge in [0.2, 0.25) is 0 Å². The maximum atomic E-state index is 12.8. The number of nitrogens with zero attached hydrogens (tertiary/aromatic N) is 2. The minimum atomic E-state index is -0.812. The fraction of sp³-hybridized carbons (Fsp3) is 0.333. The second-order valence-corrected chi connectivity index (χ2v) is 7.35. The van der Waals surface area contributed by atoms with Crippen LogP contribution in [0, 0.1) is 10.1 Å². The number of nitrogens with one attached hydrogen (secondary N) is 1. The molecule has 0 unspecified atom stereocenters. The fourth-order valence-corrected chi connectivity index (χ4v) is 3.30. The number of anilines is 2. The van der Waals surface area contributed by atoms with Gasteiger partial charge in [0, 0.05) is 18.7 Å². The number of rotatable bonds is 7. The van der Waals surface area contributed by atoms with Crippen molar-refractivity contribution in [2.45, 2.75) is 25.8 Å². The standard InChI is InChI=1S/C21H23N3O6/c1-21(2)20(26)23(18-8-5-4-7-16(18)22-21)11-6-12-30-19(25)15-13-14(29-3)9-10-17(15)24(27)28/h4-5,7-10,13,22H,6,11-12H2,1-3H3. The average Bonchev–Trinajstić information content (AvgIpc) is 2.72. The second kappa shape index (κ2) is 8.40. The highest BCUT2D eigenvalue weighted by atomic mass is 16.6. The lowest BCUT2D eigenvalue weighted by molar-refractivity contribution is -0.385. The maximum Gasteiger partial charge on any atom is 0.345 e. The molecule has 0 aliphatic carbocycles. The summed E-state index contributed by atoms with van der Waals surface area (Å²) in [5.74, 6) is -0.582. The average molecular weight is 413 g/mol. The van der Waals surface area contributed by atoms with Crippen LogP contribution in [0.4, 0.5) is 17.1 Å². The Kier molecular flexibility index (Phi) is 5.91. The lowest BCUT2D eigenvalue weighted by atomic mass is 9.98. The number of hydrogen-bond acceptors (Lipinski definition) is 7. The molecule has 9 nitrogen and oxygen atoms in total. The molecule has 1 amide bonds. The van der Waals surface area contributed by atoms with Crippen LogP contribution < -0.4 is 15.0 Å². The van der Waals surface area contributed by atoms with Crippen molar-refractivity contribution in [1.29, 1.82) is 0 Å². The molecule has 0 saturated heterocycles. The number of carbonyl (C=O) groups excluding carboxylic acids is 2. The number of carbonyl (C=O) groups is 2. The molecule has 0 spiro atoms. The number of nitro groups is 1. The van der Waals surface area contributed by atoms with Crippen LogP contribution in [0.25, 0.3) is 0 Å². The van der Waals surface area contributed by atoms with Crippen LogP contribution in [-0.4, -0.2) is 42.6 Å². The molecule has 0 atom stereocenters. The Hall–Kier alpha value is -3.62. The number of methoxy groups -OCH3 is 1. The quantitative estimate of drug-likeness (QED) is 0.320. The summed E-state index contributed by atoms with van der Waals surface area (Å²) in [6.07, 6.45) is 0.375. The number of nitro benzene ring substituents is 1. The first-order valence-corrected chi connectivity index (χ1v) is 9.43. The van der Waals surface area contributed by atoms with E-state index in [0.717, 1.165) is 11.4 Å². The third-order valence-electron chi connectivity index (χ3n) is 4.80. The van der Waals surface area contributed by atoms with E-state index >= 15 is 0 Å². The highest BCUT2D eigenvalue weighted by Crippen LogP contribution is 2.35. The van der Waals surface area contributed by atoms with Gasteiger partial charge in [0.25, 0.3) is 11.6 Å². The smallest absolute Gasteiger partial charge is 0.345 e. The summed E-state index contributed by atoms with van der Waals surface area (Å²) in [4.78, 5) is 37.4. The van der Waals surface area contributed by atoms with E-state index in [9.17, 15) is 19.7 Å². The lowest BCUT2D eigenvalue weighted by Crippen LogP contribution is -2.54. The third-order valence-corrected chi connectivity index (χ3v) is 4.80. The van der Waals surface area contributed by atoms with Crippen molar-refractivity contribution in [3.8, 4) is 5.75 Å². The number of hydrogen-bond donors (Lipinski definition) is 1. The Labute approximate surface area is 173 Å². The van der Waals surface area contributed by atoms with Gasteiger partial charge in [0.05, 0.1) is 30.0 Å². The van der Waals surface area contributed by atoms with Crippen molar-refractivity contribution < 1.29 is 24.0 Å². The van der Waals surface area contributed by atoms with E-state index in [-0.39, 0.29) is 23.8 Å². The number of esters is 1. The molecule has 3 rings (SSSR count). The van der Waals surface area contributed by atoms with Gasteiger partial charge >= 0.3 is 5.97 Å². The van der Waals surface area contributed by atoms with Gasteiger partial charge in [-0.1, -0.05) is 12.1 Å². The van der Waals surface area contributed by atoms with Crippen LogP contribution in [-0.2, 0) is 9.53 Å². The van der Waals surface area contributed by atoms with Crippen LogP contribution in [0.3, 0.4) is 0 Å². The topological polar surface area (TPSA) is 111 Å². The molecule has 0 saturated carbocycles. The molecule has 0 bridgehead atoms. The zero-order valence-corrected chi connectivity index (χ0v) is 17.0. The van der Waals surface area contributed by atoms with Gasteiger partial charge in [-0.2, -0.15) is 0 Å². The zero-order valence-electron chi connectivity index (χ0n) is 17.0. The Morgan fingerprint density at radius 1 is 1.23 bits per heavy atom. The monoisotopic (exact) mass is 413 g/mol. The number of para-hydroxylation sites is 2. The first-order valence-electron chi connectivity index (χ1n) is 9.43. The molecule has 1 aliphatic rings. The predicted octanol–water partition coefficient (Wildman–Crippen LogP) is 3.39. The van der Waals surface area contributed by atoms with Crippen LogP contribution >= 0.6 is 0 Å². The summed E-state index contributed by atoms with van der Waals surface area (Å²) < 4.78 is 10.3.